The van der Waals surface area contributed by atoms with Crippen molar-refractivity contribution in [2.24, 2.45) is 5.92 Å². The maximum Gasteiger partial charge on any atom is 0.321 e. The molecule has 0 saturated carbocycles. The Bertz CT molecular complexity index is 504. The number of carbonyl (C=O) groups is 1. The van der Waals surface area contributed by atoms with Crippen molar-refractivity contribution in [2.75, 3.05) is 38.7 Å². The van der Waals surface area contributed by atoms with E-state index < -0.39 is 5.82 Å². The Balaban J connectivity index is 1.98. The van der Waals surface area contributed by atoms with Crippen LogP contribution in [0.1, 0.15) is 19.8 Å². The van der Waals surface area contributed by atoms with Gasteiger partial charge < -0.3 is 19.7 Å². The van der Waals surface area contributed by atoms with E-state index in [1.807, 2.05) is 6.92 Å². The number of methoxy groups -OCH3 is 1. The van der Waals surface area contributed by atoms with Crippen LogP contribution in [-0.2, 0) is 4.74 Å². The Hall–Kier alpha value is -1.82. The molecule has 0 aliphatic carbocycles. The van der Waals surface area contributed by atoms with Crippen LogP contribution in [0.5, 0.6) is 5.75 Å². The number of anilines is 1. The van der Waals surface area contributed by atoms with E-state index in [2.05, 4.69) is 5.32 Å². The van der Waals surface area contributed by atoms with Gasteiger partial charge in [0.15, 0.2) is 11.6 Å². The van der Waals surface area contributed by atoms with Crippen LogP contribution < -0.4 is 10.1 Å². The molecule has 0 aromatic heterocycles. The predicted octanol–water partition coefficient (Wildman–Crippen LogP) is 3.11. The summed E-state index contributed by atoms with van der Waals surface area (Å²) in [6, 6.07) is 4.18. The molecule has 5 nitrogen and oxygen atoms in total. The normalized spacial score (nSPS) is 17.3. The molecule has 1 atom stereocenters. The minimum Gasteiger partial charge on any atom is -0.494 e. The van der Waals surface area contributed by atoms with Gasteiger partial charge in [-0.2, -0.15) is 0 Å². The number of amides is 2. The smallest absolute Gasteiger partial charge is 0.321 e. The summed E-state index contributed by atoms with van der Waals surface area (Å²) in [4.78, 5) is 14.1. The number of urea groups is 1. The van der Waals surface area contributed by atoms with Gasteiger partial charge in [0.1, 0.15) is 0 Å². The van der Waals surface area contributed by atoms with E-state index >= 15 is 0 Å². The summed E-state index contributed by atoms with van der Waals surface area (Å²) in [5.74, 6) is 0.0444. The van der Waals surface area contributed by atoms with Crippen molar-refractivity contribution in [3.63, 3.8) is 0 Å². The molecule has 6 heteroatoms. The molecule has 0 spiro atoms. The number of hydrogen-bond acceptors (Lipinski definition) is 3. The molecule has 2 amide bonds. The summed E-state index contributed by atoms with van der Waals surface area (Å²) < 4.78 is 23.9. The fourth-order valence-electron chi connectivity index (χ4n) is 2.53. The minimum atomic E-state index is -0.494. The van der Waals surface area contributed by atoms with E-state index in [0.29, 0.717) is 31.3 Å². The molecular formula is C16H23FN2O3. The Morgan fingerprint density at radius 2 is 2.36 bits per heavy atom. The molecule has 1 aliphatic rings. The highest BCUT2D eigenvalue weighted by Gasteiger charge is 2.22. The van der Waals surface area contributed by atoms with Crippen LogP contribution in [0.25, 0.3) is 0 Å². The summed E-state index contributed by atoms with van der Waals surface area (Å²) in [6.45, 7) is 4.82. The zero-order chi connectivity index (χ0) is 15.9. The average Bonchev–Trinajstić information content (AvgIpc) is 3.00. The Morgan fingerprint density at radius 1 is 1.55 bits per heavy atom. The summed E-state index contributed by atoms with van der Waals surface area (Å²) in [5, 5.41) is 2.74. The van der Waals surface area contributed by atoms with Crippen molar-refractivity contribution in [1.29, 1.82) is 0 Å². The van der Waals surface area contributed by atoms with Gasteiger partial charge in [-0.3, -0.25) is 0 Å². The van der Waals surface area contributed by atoms with Gasteiger partial charge in [0.05, 0.1) is 13.7 Å². The maximum atomic E-state index is 13.7. The largest absolute Gasteiger partial charge is 0.494 e. The van der Waals surface area contributed by atoms with Crippen molar-refractivity contribution >= 4 is 11.7 Å². The third kappa shape index (κ3) is 4.34. The van der Waals surface area contributed by atoms with E-state index in [-0.39, 0.29) is 11.8 Å². The summed E-state index contributed by atoms with van der Waals surface area (Å²) in [6.07, 6.45) is 1.85. The second-order valence-electron chi connectivity index (χ2n) is 5.46. The third-order valence-corrected chi connectivity index (χ3v) is 3.69. The van der Waals surface area contributed by atoms with Crippen molar-refractivity contribution in [1.82, 2.24) is 4.90 Å². The number of benzene rings is 1. The summed E-state index contributed by atoms with van der Waals surface area (Å²) in [7, 11) is 1.41. The fourth-order valence-corrected chi connectivity index (χ4v) is 2.53. The van der Waals surface area contributed by atoms with Crippen LogP contribution in [0.15, 0.2) is 18.2 Å². The zero-order valence-corrected chi connectivity index (χ0v) is 13.1. The lowest BCUT2D eigenvalue weighted by molar-refractivity contribution is 0.169. The lowest BCUT2D eigenvalue weighted by atomic mass is 10.1. The molecule has 1 fully saturated rings. The van der Waals surface area contributed by atoms with Crippen LogP contribution in [0, 0.1) is 11.7 Å². The molecule has 1 aromatic carbocycles. The molecule has 0 radical (unpaired) electrons. The van der Waals surface area contributed by atoms with Crippen LogP contribution in [0.4, 0.5) is 14.9 Å². The van der Waals surface area contributed by atoms with Crippen molar-refractivity contribution in [3.05, 3.63) is 24.0 Å². The first-order valence-corrected chi connectivity index (χ1v) is 7.61. The Morgan fingerprint density at radius 3 is 2.95 bits per heavy atom. The van der Waals surface area contributed by atoms with Crippen LogP contribution in [-0.4, -0.2) is 44.3 Å². The standard InChI is InChI=1S/C16H23FN2O3/c1-3-7-19(10-12-6-8-22-11-12)16(20)18-13-4-5-15(21-2)14(17)9-13/h4-5,9,12H,3,6-8,10-11H2,1-2H3,(H,18,20). The molecule has 122 valence electrons. The lowest BCUT2D eigenvalue weighted by Crippen LogP contribution is -2.39. The van der Waals surface area contributed by atoms with Crippen molar-refractivity contribution in [3.8, 4) is 5.75 Å². The molecular weight excluding hydrogens is 287 g/mol. The molecule has 1 heterocycles. The number of ether oxygens (including phenoxy) is 2. The van der Waals surface area contributed by atoms with Crippen LogP contribution in [0.2, 0.25) is 0 Å². The number of carbonyl (C=O) groups excluding carboxylic acids is 1. The molecule has 1 unspecified atom stereocenters. The van der Waals surface area contributed by atoms with Gasteiger partial charge in [0, 0.05) is 37.4 Å². The van der Waals surface area contributed by atoms with Crippen molar-refractivity contribution in [2.45, 2.75) is 19.8 Å². The summed E-state index contributed by atoms with van der Waals surface area (Å²) >= 11 is 0. The van der Waals surface area contributed by atoms with Gasteiger partial charge in [-0.05, 0) is 25.0 Å². The SMILES string of the molecule is CCCN(CC1CCOC1)C(=O)Nc1ccc(OC)c(F)c1. The predicted molar refractivity (Wildman–Crippen MR) is 82.8 cm³/mol. The highest BCUT2D eigenvalue weighted by atomic mass is 19.1. The number of halogens is 1. The molecule has 1 N–H and O–H groups in total. The minimum absolute atomic E-state index is 0.159. The van der Waals surface area contributed by atoms with E-state index in [1.165, 1.54) is 19.2 Å². The van der Waals surface area contributed by atoms with Crippen LogP contribution >= 0.6 is 0 Å². The number of hydrogen-bond donors (Lipinski definition) is 1. The topological polar surface area (TPSA) is 50.8 Å². The highest BCUT2D eigenvalue weighted by Crippen LogP contribution is 2.21. The lowest BCUT2D eigenvalue weighted by Gasteiger charge is -2.25. The monoisotopic (exact) mass is 310 g/mol. The van der Waals surface area contributed by atoms with Gasteiger partial charge in [0.2, 0.25) is 0 Å². The Labute approximate surface area is 130 Å². The highest BCUT2D eigenvalue weighted by molar-refractivity contribution is 5.89. The van der Waals surface area contributed by atoms with Gasteiger partial charge in [-0.1, -0.05) is 6.92 Å². The quantitative estimate of drug-likeness (QED) is 0.878. The molecule has 1 aliphatic heterocycles. The van der Waals surface area contributed by atoms with Crippen LogP contribution in [0.3, 0.4) is 0 Å². The van der Waals surface area contributed by atoms with Gasteiger partial charge in [-0.25, -0.2) is 9.18 Å². The number of nitrogens with zero attached hydrogens (tertiary/aromatic N) is 1. The maximum absolute atomic E-state index is 13.7. The second-order valence-corrected chi connectivity index (χ2v) is 5.46. The number of rotatable bonds is 6. The van der Waals surface area contributed by atoms with E-state index in [0.717, 1.165) is 19.4 Å². The fraction of sp³-hybridized carbons (Fsp3) is 0.562. The number of nitrogens with one attached hydrogen (secondary N) is 1. The summed E-state index contributed by atoms with van der Waals surface area (Å²) in [5.41, 5.74) is 0.423. The first kappa shape index (κ1) is 16.5. The zero-order valence-electron chi connectivity index (χ0n) is 13.1. The third-order valence-electron chi connectivity index (χ3n) is 3.69. The van der Waals surface area contributed by atoms with E-state index in [4.69, 9.17) is 9.47 Å². The Kier molecular flexibility index (Phi) is 6.00. The average molecular weight is 310 g/mol. The van der Waals surface area contributed by atoms with Gasteiger partial charge in [-0.15, -0.1) is 0 Å². The van der Waals surface area contributed by atoms with Crippen molar-refractivity contribution < 1.29 is 18.7 Å². The molecule has 22 heavy (non-hydrogen) atoms. The first-order valence-electron chi connectivity index (χ1n) is 7.61. The van der Waals surface area contributed by atoms with E-state index in [1.54, 1.807) is 11.0 Å². The van der Waals surface area contributed by atoms with E-state index in [9.17, 15) is 9.18 Å². The second kappa shape index (κ2) is 7.98. The first-order chi connectivity index (χ1) is 10.6. The van der Waals surface area contributed by atoms with Gasteiger partial charge in [0.25, 0.3) is 0 Å². The molecule has 1 aromatic rings. The molecule has 2 rings (SSSR count). The van der Waals surface area contributed by atoms with Gasteiger partial charge >= 0.3 is 6.03 Å². The molecule has 0 bridgehead atoms. The molecule has 1 saturated heterocycles.